The van der Waals surface area contributed by atoms with Crippen LogP contribution in [0.25, 0.3) is 0 Å². The zero-order chi connectivity index (χ0) is 14.5. The van der Waals surface area contributed by atoms with Crippen molar-refractivity contribution in [1.29, 1.82) is 0 Å². The second-order valence-electron chi connectivity index (χ2n) is 5.84. The lowest BCUT2D eigenvalue weighted by molar-refractivity contribution is -0.143. The van der Waals surface area contributed by atoms with Crippen LogP contribution >= 0.6 is 0 Å². The Morgan fingerprint density at radius 1 is 1.35 bits per heavy atom. The molecule has 2 rings (SSSR count). The highest BCUT2D eigenvalue weighted by Crippen LogP contribution is 2.28. The Kier molecular flexibility index (Phi) is 5.81. The molecule has 5 nitrogen and oxygen atoms in total. The quantitative estimate of drug-likeness (QED) is 0.806. The van der Waals surface area contributed by atoms with E-state index in [-0.39, 0.29) is 12.0 Å². The maximum absolute atomic E-state index is 11.4. The average Bonchev–Trinajstić information content (AvgIpc) is 2.90. The molecule has 0 aromatic rings. The van der Waals surface area contributed by atoms with Crippen molar-refractivity contribution in [2.45, 2.75) is 57.7 Å². The van der Waals surface area contributed by atoms with E-state index in [0.717, 1.165) is 38.8 Å². The van der Waals surface area contributed by atoms with E-state index in [1.165, 1.54) is 0 Å². The maximum atomic E-state index is 11.4. The fourth-order valence-electron chi connectivity index (χ4n) is 3.55. The molecular weight excluding hydrogens is 258 g/mol. The molecule has 116 valence electrons. The lowest BCUT2D eigenvalue weighted by atomic mass is 9.94. The average molecular weight is 285 g/mol. The van der Waals surface area contributed by atoms with Gasteiger partial charge in [0.2, 0.25) is 0 Å². The third-order valence-corrected chi connectivity index (χ3v) is 4.58. The molecule has 0 amide bonds. The Balaban J connectivity index is 2.01. The second kappa shape index (κ2) is 7.38. The molecule has 2 aliphatic rings. The van der Waals surface area contributed by atoms with Gasteiger partial charge < -0.3 is 14.6 Å². The van der Waals surface area contributed by atoms with Crippen molar-refractivity contribution < 1.29 is 19.4 Å². The molecule has 4 unspecified atom stereocenters. The predicted octanol–water partition coefficient (Wildman–Crippen LogP) is 1.76. The van der Waals surface area contributed by atoms with Crippen LogP contribution in [0.1, 0.15) is 39.5 Å². The molecule has 2 fully saturated rings. The van der Waals surface area contributed by atoms with Crippen LogP contribution in [-0.2, 0) is 14.3 Å². The van der Waals surface area contributed by atoms with Gasteiger partial charge in [0.05, 0.1) is 25.2 Å². The monoisotopic (exact) mass is 285 g/mol. The first-order valence-electron chi connectivity index (χ1n) is 7.85. The first-order valence-corrected chi connectivity index (χ1v) is 7.85. The van der Waals surface area contributed by atoms with E-state index < -0.39 is 5.97 Å². The summed E-state index contributed by atoms with van der Waals surface area (Å²) in [7, 11) is 0. The SMILES string of the molecule is CCCC1CC(N(CC)C2COCC2C(=O)O)CCO1. The van der Waals surface area contributed by atoms with Crippen molar-refractivity contribution in [3.8, 4) is 0 Å². The van der Waals surface area contributed by atoms with Crippen molar-refractivity contribution >= 4 is 5.97 Å². The molecule has 0 spiro atoms. The molecule has 2 aliphatic heterocycles. The van der Waals surface area contributed by atoms with E-state index in [1.54, 1.807) is 0 Å². The lowest BCUT2D eigenvalue weighted by Gasteiger charge is -2.41. The standard InChI is InChI=1S/C15H27NO4/c1-3-5-12-8-11(6-7-20-12)16(4-2)14-10-19-9-13(14)15(17)18/h11-14H,3-10H2,1-2H3,(H,17,18). The number of likely N-dealkylation sites (N-methyl/N-ethyl adjacent to an activating group) is 1. The fraction of sp³-hybridized carbons (Fsp3) is 0.933. The summed E-state index contributed by atoms with van der Waals surface area (Å²) < 4.78 is 11.2. The third kappa shape index (κ3) is 3.51. The molecule has 2 saturated heterocycles. The Bertz CT molecular complexity index is 321. The number of carboxylic acids is 1. The highest BCUT2D eigenvalue weighted by atomic mass is 16.5. The van der Waals surface area contributed by atoms with Crippen LogP contribution in [0.2, 0.25) is 0 Å². The van der Waals surface area contributed by atoms with Crippen molar-refractivity contribution in [2.24, 2.45) is 5.92 Å². The lowest BCUT2D eigenvalue weighted by Crippen LogP contribution is -2.51. The molecule has 5 heteroatoms. The minimum absolute atomic E-state index is 0.0166. The summed E-state index contributed by atoms with van der Waals surface area (Å²) in [4.78, 5) is 13.7. The molecule has 0 bridgehead atoms. The topological polar surface area (TPSA) is 59.0 Å². The van der Waals surface area contributed by atoms with Crippen molar-refractivity contribution in [2.75, 3.05) is 26.4 Å². The van der Waals surface area contributed by atoms with Crippen LogP contribution in [0.15, 0.2) is 0 Å². The molecule has 0 aromatic heterocycles. The number of hydrogen-bond donors (Lipinski definition) is 1. The molecular formula is C15H27NO4. The van der Waals surface area contributed by atoms with Gasteiger partial charge in [-0.1, -0.05) is 20.3 Å². The van der Waals surface area contributed by atoms with Gasteiger partial charge in [-0.05, 0) is 25.8 Å². The zero-order valence-electron chi connectivity index (χ0n) is 12.6. The van der Waals surface area contributed by atoms with Gasteiger partial charge in [-0.15, -0.1) is 0 Å². The molecule has 4 atom stereocenters. The molecule has 0 aromatic carbocycles. The highest BCUT2D eigenvalue weighted by molar-refractivity contribution is 5.71. The summed E-state index contributed by atoms with van der Waals surface area (Å²) in [5.41, 5.74) is 0. The van der Waals surface area contributed by atoms with Gasteiger partial charge in [0, 0.05) is 18.7 Å². The predicted molar refractivity (Wildman–Crippen MR) is 75.8 cm³/mol. The number of carbonyl (C=O) groups is 1. The van der Waals surface area contributed by atoms with E-state index in [4.69, 9.17) is 9.47 Å². The summed E-state index contributed by atoms with van der Waals surface area (Å²) in [6, 6.07) is 0.446. The first-order chi connectivity index (χ1) is 9.67. The Morgan fingerprint density at radius 3 is 2.80 bits per heavy atom. The van der Waals surface area contributed by atoms with Crippen molar-refractivity contribution in [1.82, 2.24) is 4.90 Å². The molecule has 20 heavy (non-hydrogen) atoms. The minimum atomic E-state index is -0.733. The summed E-state index contributed by atoms with van der Waals surface area (Å²) >= 11 is 0. The van der Waals surface area contributed by atoms with Gasteiger partial charge in [0.25, 0.3) is 0 Å². The van der Waals surface area contributed by atoms with Gasteiger partial charge in [0.1, 0.15) is 0 Å². The maximum Gasteiger partial charge on any atom is 0.310 e. The molecule has 1 N–H and O–H groups in total. The van der Waals surface area contributed by atoms with E-state index in [0.29, 0.717) is 25.4 Å². The Hall–Kier alpha value is -0.650. The highest BCUT2D eigenvalue weighted by Gasteiger charge is 2.41. The molecule has 0 radical (unpaired) electrons. The smallest absolute Gasteiger partial charge is 0.310 e. The van der Waals surface area contributed by atoms with Gasteiger partial charge in [-0.3, -0.25) is 9.69 Å². The Morgan fingerprint density at radius 2 is 2.15 bits per heavy atom. The van der Waals surface area contributed by atoms with Gasteiger partial charge in [0.15, 0.2) is 0 Å². The van der Waals surface area contributed by atoms with Crippen LogP contribution in [-0.4, -0.2) is 60.5 Å². The van der Waals surface area contributed by atoms with Crippen LogP contribution in [0.4, 0.5) is 0 Å². The zero-order valence-corrected chi connectivity index (χ0v) is 12.6. The summed E-state index contributed by atoms with van der Waals surface area (Å²) in [5, 5.41) is 9.33. The number of rotatable bonds is 6. The van der Waals surface area contributed by atoms with Crippen LogP contribution < -0.4 is 0 Å². The third-order valence-electron chi connectivity index (χ3n) is 4.58. The second-order valence-corrected chi connectivity index (χ2v) is 5.84. The summed E-state index contributed by atoms with van der Waals surface area (Å²) in [6.07, 6.45) is 4.57. The first kappa shape index (κ1) is 15.7. The van der Waals surface area contributed by atoms with E-state index in [1.807, 2.05) is 0 Å². The number of aliphatic carboxylic acids is 1. The molecule has 0 saturated carbocycles. The number of hydrogen-bond acceptors (Lipinski definition) is 4. The van der Waals surface area contributed by atoms with E-state index in [9.17, 15) is 9.90 Å². The van der Waals surface area contributed by atoms with Crippen molar-refractivity contribution in [3.05, 3.63) is 0 Å². The van der Waals surface area contributed by atoms with Gasteiger partial charge >= 0.3 is 5.97 Å². The summed E-state index contributed by atoms with van der Waals surface area (Å²) in [5.74, 6) is -1.12. The largest absolute Gasteiger partial charge is 0.481 e. The fourth-order valence-corrected chi connectivity index (χ4v) is 3.55. The van der Waals surface area contributed by atoms with Gasteiger partial charge in [-0.25, -0.2) is 0 Å². The van der Waals surface area contributed by atoms with Crippen LogP contribution in [0.3, 0.4) is 0 Å². The Labute approximate surface area is 121 Å². The normalized spacial score (nSPS) is 34.5. The molecule has 0 aliphatic carbocycles. The van der Waals surface area contributed by atoms with Gasteiger partial charge in [-0.2, -0.15) is 0 Å². The van der Waals surface area contributed by atoms with Crippen LogP contribution in [0, 0.1) is 5.92 Å². The van der Waals surface area contributed by atoms with E-state index in [2.05, 4.69) is 18.7 Å². The minimum Gasteiger partial charge on any atom is -0.481 e. The number of ether oxygens (including phenoxy) is 2. The van der Waals surface area contributed by atoms with Crippen LogP contribution in [0.5, 0.6) is 0 Å². The number of carboxylic acid groups (broad SMARTS) is 1. The van der Waals surface area contributed by atoms with E-state index >= 15 is 0 Å². The van der Waals surface area contributed by atoms with Crippen molar-refractivity contribution in [3.63, 3.8) is 0 Å². The number of nitrogens with zero attached hydrogens (tertiary/aromatic N) is 1. The summed E-state index contributed by atoms with van der Waals surface area (Å²) in [6.45, 7) is 6.84. The molecule has 2 heterocycles.